The van der Waals surface area contributed by atoms with E-state index in [9.17, 15) is 4.79 Å². The fourth-order valence-electron chi connectivity index (χ4n) is 0.117. The lowest BCUT2D eigenvalue weighted by Crippen LogP contribution is -1.71. The predicted molar refractivity (Wildman–Crippen MR) is 31.8 cm³/mol. The van der Waals surface area contributed by atoms with Crippen molar-refractivity contribution >= 4 is 26.7 Å². The number of carbonyl (C=O) groups is 1. The van der Waals surface area contributed by atoms with Gasteiger partial charge in [0.1, 0.15) is 0 Å². The Hall–Kier alpha value is 0.370. The number of carbonyl (C=O) groups excluding carboxylic acids is 1. The van der Waals surface area contributed by atoms with Crippen molar-refractivity contribution in [1.82, 2.24) is 0 Å². The number of rotatable bonds is 1. The van der Waals surface area contributed by atoms with Gasteiger partial charge in [-0.3, -0.25) is 4.79 Å². The van der Waals surface area contributed by atoms with Gasteiger partial charge in [-0.15, -0.1) is 0 Å². The maximum atomic E-state index is 9.99. The molecule has 0 heterocycles. The zero-order valence-corrected chi connectivity index (χ0v) is 5.36. The van der Waals surface area contributed by atoms with E-state index in [1.165, 1.54) is 21.6 Å². The lowest BCUT2D eigenvalue weighted by atomic mass is 10.9. The largest absolute Gasteiger partial charge is 0.287 e. The zero-order chi connectivity index (χ0) is 4.99. The van der Waals surface area contributed by atoms with E-state index >= 15 is 0 Å². The van der Waals surface area contributed by atoms with Gasteiger partial charge in [-0.05, 0) is 17.0 Å². The van der Waals surface area contributed by atoms with Gasteiger partial charge in [-0.2, -0.15) is 0 Å². The summed E-state index contributed by atoms with van der Waals surface area (Å²) in [6.45, 7) is 1.56. The highest BCUT2D eigenvalue weighted by Crippen LogP contribution is 2.16. The zero-order valence-electron chi connectivity index (χ0n) is 3.72. The lowest BCUT2D eigenvalue weighted by molar-refractivity contribution is -0.109. The van der Waals surface area contributed by atoms with Crippen LogP contribution in [0.4, 0.5) is 0 Å². The summed E-state index contributed by atoms with van der Waals surface area (Å²) in [5.74, 6) is 0. The molecule has 0 aliphatic carbocycles. The van der Waals surface area contributed by atoms with Gasteiger partial charge < -0.3 is 0 Å². The van der Waals surface area contributed by atoms with Crippen LogP contribution in [0.1, 0.15) is 6.92 Å². The first kappa shape index (κ1) is 6.37. The summed E-state index contributed by atoms with van der Waals surface area (Å²) in [7, 11) is 2.74. The maximum absolute atomic E-state index is 9.99. The Morgan fingerprint density at radius 1 is 1.67 bits per heavy atom. The van der Waals surface area contributed by atoms with Gasteiger partial charge in [0.05, 0.1) is 0 Å². The van der Waals surface area contributed by atoms with E-state index in [2.05, 4.69) is 0 Å². The first-order valence-electron chi connectivity index (χ1n) is 1.48. The third-order valence-corrected chi connectivity index (χ3v) is 1.81. The summed E-state index contributed by atoms with van der Waals surface area (Å²) in [5.41, 5.74) is 0. The van der Waals surface area contributed by atoms with E-state index < -0.39 is 0 Å². The summed E-state index contributed by atoms with van der Waals surface area (Å²) in [4.78, 5) is 9.99. The maximum Gasteiger partial charge on any atom is 0.196 e. The highest BCUT2D eigenvalue weighted by molar-refractivity contribution is 8.81. The second-order valence-electron chi connectivity index (χ2n) is 0.742. The van der Waals surface area contributed by atoms with Crippen LogP contribution in [0.5, 0.6) is 0 Å². The molecule has 0 atom stereocenters. The average Bonchev–Trinajstić information content (AvgIpc) is 1.35. The van der Waals surface area contributed by atoms with Gasteiger partial charge >= 0.3 is 0 Å². The molecule has 0 aliphatic rings. The third-order valence-electron chi connectivity index (χ3n) is 0.201. The van der Waals surface area contributed by atoms with Crippen LogP contribution in [0, 0.1) is 0 Å². The molecule has 0 amide bonds. The molecule has 0 saturated carbocycles. The Bertz CT molecular complexity index is 52.8. The van der Waals surface area contributed by atoms with E-state index in [1.54, 1.807) is 6.92 Å². The SMILES string of the molecule is CSSC(C)=O. The Balaban J connectivity index is 2.83. The van der Waals surface area contributed by atoms with Crippen molar-refractivity contribution in [1.29, 1.82) is 0 Å². The fourth-order valence-corrected chi connectivity index (χ4v) is 1.06. The molecular formula is C3H6OS2. The normalized spacial score (nSPS) is 8.33. The standard InChI is InChI=1S/C3H6OS2/c1-3(4)6-5-2/h1-2H3. The molecule has 0 aromatic heterocycles. The van der Waals surface area contributed by atoms with Crippen LogP contribution in [0.3, 0.4) is 0 Å². The van der Waals surface area contributed by atoms with Crippen LogP contribution in [0.15, 0.2) is 0 Å². The van der Waals surface area contributed by atoms with Crippen molar-refractivity contribution in [3.8, 4) is 0 Å². The third kappa shape index (κ3) is 4.37. The van der Waals surface area contributed by atoms with E-state index in [1.807, 2.05) is 6.26 Å². The topological polar surface area (TPSA) is 17.1 Å². The van der Waals surface area contributed by atoms with E-state index in [0.717, 1.165) is 0 Å². The van der Waals surface area contributed by atoms with Crippen molar-refractivity contribution in [3.05, 3.63) is 0 Å². The Morgan fingerprint density at radius 2 is 2.17 bits per heavy atom. The minimum atomic E-state index is 0.169. The molecular weight excluding hydrogens is 116 g/mol. The highest BCUT2D eigenvalue weighted by Gasteiger charge is 1.85. The van der Waals surface area contributed by atoms with Crippen molar-refractivity contribution in [3.63, 3.8) is 0 Å². The summed E-state index contributed by atoms with van der Waals surface area (Å²) >= 11 is 0. The Labute approximate surface area is 45.3 Å². The molecule has 36 valence electrons. The van der Waals surface area contributed by atoms with Crippen LogP contribution >= 0.6 is 21.6 Å². The lowest BCUT2D eigenvalue weighted by Gasteiger charge is -1.79. The summed E-state index contributed by atoms with van der Waals surface area (Å²) in [6.07, 6.45) is 1.88. The minimum Gasteiger partial charge on any atom is -0.287 e. The Kier molecular flexibility index (Phi) is 3.78. The molecule has 0 fully saturated rings. The number of hydrogen-bond donors (Lipinski definition) is 0. The van der Waals surface area contributed by atoms with Crippen molar-refractivity contribution in [2.75, 3.05) is 6.26 Å². The van der Waals surface area contributed by atoms with Crippen molar-refractivity contribution in [2.24, 2.45) is 0 Å². The summed E-state index contributed by atoms with van der Waals surface area (Å²) < 4.78 is 0. The molecule has 0 aromatic rings. The molecule has 0 saturated heterocycles. The van der Waals surface area contributed by atoms with Crippen molar-refractivity contribution < 1.29 is 4.79 Å². The molecule has 0 aliphatic heterocycles. The Morgan fingerprint density at radius 3 is 2.17 bits per heavy atom. The first-order valence-corrected chi connectivity index (χ1v) is 4.04. The summed E-state index contributed by atoms with van der Waals surface area (Å²) in [6, 6.07) is 0. The van der Waals surface area contributed by atoms with E-state index in [-0.39, 0.29) is 5.12 Å². The molecule has 6 heavy (non-hydrogen) atoms. The van der Waals surface area contributed by atoms with Gasteiger partial charge in [-0.25, -0.2) is 0 Å². The monoisotopic (exact) mass is 122 g/mol. The molecule has 3 heteroatoms. The van der Waals surface area contributed by atoms with Gasteiger partial charge in [0.25, 0.3) is 0 Å². The molecule has 0 aromatic carbocycles. The van der Waals surface area contributed by atoms with Crippen LogP contribution in [-0.4, -0.2) is 11.4 Å². The molecule has 0 radical (unpaired) electrons. The minimum absolute atomic E-state index is 0.169. The average molecular weight is 122 g/mol. The number of hydrogen-bond acceptors (Lipinski definition) is 3. The molecule has 0 N–H and O–H groups in total. The fraction of sp³-hybridized carbons (Fsp3) is 0.667. The van der Waals surface area contributed by atoms with Crippen LogP contribution in [-0.2, 0) is 4.79 Å². The molecule has 0 unspecified atom stereocenters. The smallest absolute Gasteiger partial charge is 0.196 e. The van der Waals surface area contributed by atoms with Crippen LogP contribution < -0.4 is 0 Å². The summed E-state index contributed by atoms with van der Waals surface area (Å²) in [5, 5.41) is 0.169. The first-order chi connectivity index (χ1) is 2.77. The van der Waals surface area contributed by atoms with Crippen LogP contribution in [0.2, 0.25) is 0 Å². The van der Waals surface area contributed by atoms with Gasteiger partial charge in [0.15, 0.2) is 5.12 Å². The predicted octanol–water partition coefficient (Wildman–Crippen LogP) is 1.54. The molecule has 0 bridgehead atoms. The molecule has 0 rings (SSSR count). The quantitative estimate of drug-likeness (QED) is 0.491. The second kappa shape index (κ2) is 3.56. The van der Waals surface area contributed by atoms with Gasteiger partial charge in [0.2, 0.25) is 0 Å². The van der Waals surface area contributed by atoms with Crippen LogP contribution in [0.25, 0.3) is 0 Å². The molecule has 0 spiro atoms. The van der Waals surface area contributed by atoms with Crippen molar-refractivity contribution in [2.45, 2.75) is 6.92 Å². The highest BCUT2D eigenvalue weighted by atomic mass is 33.1. The van der Waals surface area contributed by atoms with Gasteiger partial charge in [0, 0.05) is 6.92 Å². The molecule has 1 nitrogen and oxygen atoms in total. The van der Waals surface area contributed by atoms with E-state index in [0.29, 0.717) is 0 Å². The van der Waals surface area contributed by atoms with E-state index in [4.69, 9.17) is 0 Å². The second-order valence-corrected chi connectivity index (χ2v) is 3.32. The van der Waals surface area contributed by atoms with Gasteiger partial charge in [-0.1, -0.05) is 10.8 Å².